The molecule has 1 amide bonds. The highest BCUT2D eigenvalue weighted by Gasteiger charge is 2.29. The molecule has 1 heterocycles. The van der Waals surface area contributed by atoms with Crippen LogP contribution in [0.2, 0.25) is 0 Å². The van der Waals surface area contributed by atoms with E-state index in [2.05, 4.69) is 37.4 Å². The van der Waals surface area contributed by atoms with Gasteiger partial charge in [-0.2, -0.15) is 0 Å². The maximum absolute atomic E-state index is 11.4. The van der Waals surface area contributed by atoms with E-state index in [0.717, 1.165) is 31.7 Å². The van der Waals surface area contributed by atoms with E-state index < -0.39 is 0 Å². The number of hydrogen-bond donors (Lipinski definition) is 1. The number of ether oxygens (including phenoxy) is 1. The van der Waals surface area contributed by atoms with E-state index in [-0.39, 0.29) is 11.5 Å². The van der Waals surface area contributed by atoms with Crippen LogP contribution in [0.1, 0.15) is 37.8 Å². The molecule has 21 heavy (non-hydrogen) atoms. The van der Waals surface area contributed by atoms with E-state index in [0.29, 0.717) is 6.42 Å². The largest absolute Gasteiger partial charge is 0.487 e. The lowest BCUT2D eigenvalue weighted by Crippen LogP contribution is -2.24. The molecule has 0 spiro atoms. The van der Waals surface area contributed by atoms with E-state index in [1.54, 1.807) is 19.0 Å². The van der Waals surface area contributed by atoms with Gasteiger partial charge in [0.25, 0.3) is 0 Å². The lowest BCUT2D eigenvalue weighted by Gasteiger charge is -2.16. The average Bonchev–Trinajstić information content (AvgIpc) is 2.71. The third-order valence-electron chi connectivity index (χ3n) is 3.70. The van der Waals surface area contributed by atoms with Crippen molar-refractivity contribution in [2.45, 2.75) is 45.3 Å². The van der Waals surface area contributed by atoms with Crippen LogP contribution in [0.4, 0.5) is 0 Å². The van der Waals surface area contributed by atoms with Crippen LogP contribution in [-0.2, 0) is 17.8 Å². The van der Waals surface area contributed by atoms with Crippen molar-refractivity contribution in [2.75, 3.05) is 20.6 Å². The van der Waals surface area contributed by atoms with Gasteiger partial charge in [0.15, 0.2) is 0 Å². The molecule has 1 aliphatic heterocycles. The molecule has 0 saturated heterocycles. The number of hydrogen-bond acceptors (Lipinski definition) is 3. The molecule has 1 N–H and O–H groups in total. The van der Waals surface area contributed by atoms with Crippen LogP contribution in [0.25, 0.3) is 0 Å². The summed E-state index contributed by atoms with van der Waals surface area (Å²) in [5.41, 5.74) is 2.48. The summed E-state index contributed by atoms with van der Waals surface area (Å²) < 4.78 is 5.88. The van der Waals surface area contributed by atoms with Gasteiger partial charge in [-0.25, -0.2) is 0 Å². The molecule has 2 rings (SSSR count). The zero-order chi connectivity index (χ0) is 15.5. The summed E-state index contributed by atoms with van der Waals surface area (Å²) in [7, 11) is 3.59. The summed E-state index contributed by atoms with van der Waals surface area (Å²) >= 11 is 0. The Morgan fingerprint density at radius 1 is 1.38 bits per heavy atom. The highest BCUT2D eigenvalue weighted by atomic mass is 16.5. The Morgan fingerprint density at radius 2 is 2.14 bits per heavy atom. The number of nitrogens with one attached hydrogen (secondary N) is 1. The molecular formula is C17H26N2O2. The Morgan fingerprint density at radius 3 is 2.86 bits per heavy atom. The quantitative estimate of drug-likeness (QED) is 0.818. The molecule has 4 heteroatoms. The predicted octanol–water partition coefficient (Wildman–Crippen LogP) is 2.36. The van der Waals surface area contributed by atoms with Gasteiger partial charge in [0, 0.05) is 33.5 Å². The number of carbonyl (C=O) groups excluding carboxylic acids is 1. The van der Waals surface area contributed by atoms with Crippen LogP contribution in [0.3, 0.4) is 0 Å². The van der Waals surface area contributed by atoms with Gasteiger partial charge in [0.1, 0.15) is 11.4 Å². The van der Waals surface area contributed by atoms with E-state index in [1.807, 2.05) is 0 Å². The number of fused-ring (bicyclic) bond motifs is 1. The standard InChI is InChI=1S/C17H26N2O2/c1-17(2)11-14-10-13(7-8-15(14)21-17)12-18-9-5-6-16(20)19(3)4/h7-8,10,18H,5-6,9,11-12H2,1-4H3. The third-order valence-corrected chi connectivity index (χ3v) is 3.70. The lowest BCUT2D eigenvalue weighted by molar-refractivity contribution is -0.128. The summed E-state index contributed by atoms with van der Waals surface area (Å²) in [6.45, 7) is 5.93. The monoisotopic (exact) mass is 290 g/mol. The summed E-state index contributed by atoms with van der Waals surface area (Å²) in [6, 6.07) is 6.40. The van der Waals surface area contributed by atoms with Crippen LogP contribution in [0.5, 0.6) is 5.75 Å². The maximum Gasteiger partial charge on any atom is 0.222 e. The number of nitrogens with zero attached hydrogens (tertiary/aromatic N) is 1. The summed E-state index contributed by atoms with van der Waals surface area (Å²) in [5, 5.41) is 3.40. The SMILES string of the molecule is CN(C)C(=O)CCCNCc1ccc2c(c1)CC(C)(C)O2. The van der Waals surface area contributed by atoms with Gasteiger partial charge in [-0.1, -0.05) is 12.1 Å². The van der Waals surface area contributed by atoms with E-state index in [1.165, 1.54) is 11.1 Å². The number of amides is 1. The number of rotatable bonds is 6. The zero-order valence-corrected chi connectivity index (χ0v) is 13.5. The van der Waals surface area contributed by atoms with E-state index in [4.69, 9.17) is 4.74 Å². The molecule has 0 radical (unpaired) electrons. The first kappa shape index (κ1) is 15.8. The third kappa shape index (κ3) is 4.46. The lowest BCUT2D eigenvalue weighted by atomic mass is 10.0. The summed E-state index contributed by atoms with van der Waals surface area (Å²) in [5.74, 6) is 1.20. The molecule has 0 fully saturated rings. The first-order valence-corrected chi connectivity index (χ1v) is 7.59. The minimum Gasteiger partial charge on any atom is -0.487 e. The molecule has 4 nitrogen and oxygen atoms in total. The van der Waals surface area contributed by atoms with Crippen molar-refractivity contribution in [3.63, 3.8) is 0 Å². The van der Waals surface area contributed by atoms with Crippen molar-refractivity contribution in [3.05, 3.63) is 29.3 Å². The second-order valence-corrected chi connectivity index (χ2v) is 6.55. The average molecular weight is 290 g/mol. The van der Waals surface area contributed by atoms with Gasteiger partial charge < -0.3 is 15.0 Å². The van der Waals surface area contributed by atoms with Crippen molar-refractivity contribution < 1.29 is 9.53 Å². The van der Waals surface area contributed by atoms with Crippen molar-refractivity contribution in [1.82, 2.24) is 10.2 Å². The van der Waals surface area contributed by atoms with Crippen LogP contribution in [0, 0.1) is 0 Å². The fourth-order valence-corrected chi connectivity index (χ4v) is 2.59. The van der Waals surface area contributed by atoms with Crippen LogP contribution in [0.15, 0.2) is 18.2 Å². The zero-order valence-electron chi connectivity index (χ0n) is 13.5. The van der Waals surface area contributed by atoms with Crippen molar-refractivity contribution in [3.8, 4) is 5.75 Å². The van der Waals surface area contributed by atoms with Gasteiger partial charge in [-0.15, -0.1) is 0 Å². The molecule has 116 valence electrons. The molecular weight excluding hydrogens is 264 g/mol. The van der Waals surface area contributed by atoms with Crippen LogP contribution in [-0.4, -0.2) is 37.0 Å². The van der Waals surface area contributed by atoms with Gasteiger partial charge in [0.2, 0.25) is 5.91 Å². The van der Waals surface area contributed by atoms with Crippen LogP contribution < -0.4 is 10.1 Å². The molecule has 0 aliphatic carbocycles. The first-order chi connectivity index (χ1) is 9.87. The van der Waals surface area contributed by atoms with Gasteiger partial charge in [-0.05, 0) is 44.0 Å². The predicted molar refractivity (Wildman–Crippen MR) is 84.5 cm³/mol. The number of benzene rings is 1. The topological polar surface area (TPSA) is 41.6 Å². The highest BCUT2D eigenvalue weighted by molar-refractivity contribution is 5.75. The van der Waals surface area contributed by atoms with Crippen molar-refractivity contribution >= 4 is 5.91 Å². The minimum absolute atomic E-state index is 0.0824. The van der Waals surface area contributed by atoms with E-state index >= 15 is 0 Å². The molecule has 1 aromatic rings. The van der Waals surface area contributed by atoms with Gasteiger partial charge in [-0.3, -0.25) is 4.79 Å². The molecule has 0 atom stereocenters. The fourth-order valence-electron chi connectivity index (χ4n) is 2.59. The number of carbonyl (C=O) groups is 1. The molecule has 1 aliphatic rings. The Labute approximate surface area is 127 Å². The molecule has 0 aromatic heterocycles. The Balaban J connectivity index is 1.74. The van der Waals surface area contributed by atoms with Gasteiger partial charge >= 0.3 is 0 Å². The fraction of sp³-hybridized carbons (Fsp3) is 0.588. The maximum atomic E-state index is 11.4. The normalized spacial score (nSPS) is 15.4. The Bertz CT molecular complexity index is 510. The molecule has 0 unspecified atom stereocenters. The van der Waals surface area contributed by atoms with Gasteiger partial charge in [0.05, 0.1) is 0 Å². The van der Waals surface area contributed by atoms with Crippen molar-refractivity contribution in [1.29, 1.82) is 0 Å². The summed E-state index contributed by atoms with van der Waals surface area (Å²) in [6.07, 6.45) is 2.44. The smallest absolute Gasteiger partial charge is 0.222 e. The summed E-state index contributed by atoms with van der Waals surface area (Å²) in [4.78, 5) is 13.1. The Kier molecular flexibility index (Phi) is 4.88. The van der Waals surface area contributed by atoms with Crippen molar-refractivity contribution in [2.24, 2.45) is 0 Å². The molecule has 0 bridgehead atoms. The second-order valence-electron chi connectivity index (χ2n) is 6.55. The Hall–Kier alpha value is -1.55. The van der Waals surface area contributed by atoms with E-state index in [9.17, 15) is 4.79 Å². The molecule has 0 saturated carbocycles. The first-order valence-electron chi connectivity index (χ1n) is 7.59. The molecule has 1 aromatic carbocycles. The second kappa shape index (κ2) is 6.48. The minimum atomic E-state index is -0.0824. The highest BCUT2D eigenvalue weighted by Crippen LogP contribution is 2.35. The van der Waals surface area contributed by atoms with Crippen LogP contribution >= 0.6 is 0 Å².